The maximum atomic E-state index is 12.9. The largest absolute Gasteiger partial charge is 0.417 e. The van der Waals surface area contributed by atoms with Crippen LogP contribution in [0, 0.1) is 0 Å². The van der Waals surface area contributed by atoms with Crippen LogP contribution in [-0.2, 0) is 6.18 Å². The minimum Gasteiger partial charge on any atom is -0.307 e. The van der Waals surface area contributed by atoms with Gasteiger partial charge in [0.2, 0.25) is 0 Å². The number of alkyl halides is 3. The van der Waals surface area contributed by atoms with Crippen molar-refractivity contribution in [3.05, 3.63) is 28.7 Å². The summed E-state index contributed by atoms with van der Waals surface area (Å²) in [5, 5.41) is 11.2. The molecule has 8 heteroatoms. The highest BCUT2D eigenvalue weighted by Crippen LogP contribution is 2.33. The average Bonchev–Trinajstić information content (AvgIpc) is 2.66. The van der Waals surface area contributed by atoms with Gasteiger partial charge >= 0.3 is 6.18 Å². The van der Waals surface area contributed by atoms with Gasteiger partial charge in [0, 0.05) is 6.20 Å². The topological polar surface area (TPSA) is 42.2 Å². The smallest absolute Gasteiger partial charge is 0.307 e. The van der Waals surface area contributed by atoms with E-state index in [0.717, 1.165) is 44.5 Å². The van der Waals surface area contributed by atoms with Crippen LogP contribution in [0.15, 0.2) is 12.3 Å². The van der Waals surface area contributed by atoms with Gasteiger partial charge in [0.05, 0.1) is 16.6 Å². The van der Waals surface area contributed by atoms with Crippen molar-refractivity contribution in [1.82, 2.24) is 19.9 Å². The number of hydrogen-bond acceptors (Lipinski definition) is 3. The second-order valence-corrected chi connectivity index (χ2v) is 5.59. The molecule has 1 atom stereocenters. The summed E-state index contributed by atoms with van der Waals surface area (Å²) in [6.07, 6.45) is 0.573. The molecule has 0 bridgehead atoms. The SMILES string of the molecule is FC(F)(F)c1cc(Cl)c2nnc(C3CCCCCN3)n2c1. The van der Waals surface area contributed by atoms with Gasteiger partial charge in [-0.3, -0.25) is 4.40 Å². The fourth-order valence-electron chi connectivity index (χ4n) is 2.61. The molecule has 0 saturated carbocycles. The lowest BCUT2D eigenvalue weighted by atomic mass is 10.1. The summed E-state index contributed by atoms with van der Waals surface area (Å²) >= 11 is 5.91. The van der Waals surface area contributed by atoms with Gasteiger partial charge in [0.1, 0.15) is 0 Å². The van der Waals surface area contributed by atoms with Crippen LogP contribution >= 0.6 is 11.6 Å². The highest BCUT2D eigenvalue weighted by molar-refractivity contribution is 6.33. The summed E-state index contributed by atoms with van der Waals surface area (Å²) in [5.74, 6) is 0.486. The first-order valence-corrected chi connectivity index (χ1v) is 7.19. The molecule has 4 nitrogen and oxygen atoms in total. The van der Waals surface area contributed by atoms with Crippen LogP contribution in [0.2, 0.25) is 5.02 Å². The van der Waals surface area contributed by atoms with Gasteiger partial charge < -0.3 is 5.32 Å². The lowest BCUT2D eigenvalue weighted by Crippen LogP contribution is -2.22. The van der Waals surface area contributed by atoms with E-state index < -0.39 is 11.7 Å². The Bertz CT molecular complexity index is 645. The van der Waals surface area contributed by atoms with Gasteiger partial charge in [-0.05, 0) is 25.5 Å². The van der Waals surface area contributed by atoms with Crippen LogP contribution in [0.5, 0.6) is 0 Å². The summed E-state index contributed by atoms with van der Waals surface area (Å²) in [5.41, 5.74) is -0.541. The van der Waals surface area contributed by atoms with Gasteiger partial charge in [-0.2, -0.15) is 13.2 Å². The minimum absolute atomic E-state index is 0.0443. The third-order valence-corrected chi connectivity index (χ3v) is 3.96. The first-order valence-electron chi connectivity index (χ1n) is 6.81. The molecule has 0 radical (unpaired) electrons. The van der Waals surface area contributed by atoms with E-state index in [2.05, 4.69) is 15.5 Å². The summed E-state index contributed by atoms with van der Waals surface area (Å²) < 4.78 is 40.1. The molecule has 1 N–H and O–H groups in total. The molecule has 21 heavy (non-hydrogen) atoms. The third-order valence-electron chi connectivity index (χ3n) is 3.69. The third kappa shape index (κ3) is 2.85. The molecule has 1 unspecified atom stereocenters. The average molecular weight is 319 g/mol. The van der Waals surface area contributed by atoms with Crippen molar-refractivity contribution >= 4 is 17.2 Å². The van der Waals surface area contributed by atoms with Crippen LogP contribution in [0.3, 0.4) is 0 Å². The molecule has 3 heterocycles. The number of rotatable bonds is 1. The highest BCUT2D eigenvalue weighted by Gasteiger charge is 2.32. The van der Waals surface area contributed by atoms with E-state index in [1.165, 1.54) is 4.40 Å². The fraction of sp³-hybridized carbons (Fsp3) is 0.538. The van der Waals surface area contributed by atoms with Crippen molar-refractivity contribution < 1.29 is 13.2 Å². The molecule has 114 valence electrons. The van der Waals surface area contributed by atoms with E-state index in [9.17, 15) is 13.2 Å². The molecule has 2 aromatic rings. The normalized spacial score (nSPS) is 20.7. The highest BCUT2D eigenvalue weighted by atomic mass is 35.5. The number of aromatic nitrogens is 3. The number of halogens is 4. The minimum atomic E-state index is -4.45. The second-order valence-electron chi connectivity index (χ2n) is 5.18. The van der Waals surface area contributed by atoms with Gasteiger partial charge in [-0.1, -0.05) is 24.4 Å². The van der Waals surface area contributed by atoms with Crippen molar-refractivity contribution in [2.24, 2.45) is 0 Å². The van der Waals surface area contributed by atoms with Crippen molar-refractivity contribution in [2.75, 3.05) is 6.54 Å². The molecule has 3 rings (SSSR count). The molecule has 1 aliphatic rings. The van der Waals surface area contributed by atoms with Crippen LogP contribution < -0.4 is 5.32 Å². The molecule has 1 aliphatic heterocycles. The lowest BCUT2D eigenvalue weighted by Gasteiger charge is -2.15. The maximum absolute atomic E-state index is 12.9. The van der Waals surface area contributed by atoms with E-state index in [4.69, 9.17) is 11.6 Å². The molecule has 1 fully saturated rings. The first-order chi connectivity index (χ1) is 9.97. The van der Waals surface area contributed by atoms with Crippen LogP contribution in [-0.4, -0.2) is 21.1 Å². The number of pyridine rings is 1. The molecule has 0 aliphatic carbocycles. The monoisotopic (exact) mass is 318 g/mol. The standard InChI is InChI=1S/C13H14ClF3N4/c14-9-6-8(13(15,16)17)7-21-11(9)19-20-12(21)10-4-2-1-3-5-18-10/h6-7,10,18H,1-5H2. The Balaban J connectivity index is 2.09. The zero-order chi connectivity index (χ0) is 15.0. The summed E-state index contributed by atoms with van der Waals surface area (Å²) in [6, 6.07) is 0.789. The predicted octanol–water partition coefficient (Wildman–Crippen LogP) is 3.61. The zero-order valence-electron chi connectivity index (χ0n) is 11.1. The molecule has 1 saturated heterocycles. The van der Waals surface area contributed by atoms with Gasteiger partial charge in [-0.25, -0.2) is 0 Å². The molecular formula is C13H14ClF3N4. The quantitative estimate of drug-likeness (QED) is 0.873. The van der Waals surface area contributed by atoms with Crippen molar-refractivity contribution in [2.45, 2.75) is 37.9 Å². The Kier molecular flexibility index (Phi) is 3.79. The van der Waals surface area contributed by atoms with Gasteiger partial charge in [0.15, 0.2) is 11.5 Å². The zero-order valence-corrected chi connectivity index (χ0v) is 11.9. The Morgan fingerprint density at radius 3 is 2.81 bits per heavy atom. The fourth-order valence-corrected chi connectivity index (χ4v) is 2.86. The molecule has 0 amide bonds. The van der Waals surface area contributed by atoms with Crippen LogP contribution in [0.1, 0.15) is 43.1 Å². The Morgan fingerprint density at radius 2 is 2.05 bits per heavy atom. The van der Waals surface area contributed by atoms with Gasteiger partial charge in [0.25, 0.3) is 0 Å². The lowest BCUT2D eigenvalue weighted by molar-refractivity contribution is -0.137. The van der Waals surface area contributed by atoms with E-state index in [1.54, 1.807) is 0 Å². The first kappa shape index (κ1) is 14.6. The number of nitrogens with one attached hydrogen (secondary N) is 1. The molecule has 0 aromatic carbocycles. The Morgan fingerprint density at radius 1 is 1.24 bits per heavy atom. The number of hydrogen-bond donors (Lipinski definition) is 1. The Hall–Kier alpha value is -1.34. The summed E-state index contributed by atoms with van der Waals surface area (Å²) in [7, 11) is 0. The van der Waals surface area contributed by atoms with Crippen molar-refractivity contribution in [3.63, 3.8) is 0 Å². The maximum Gasteiger partial charge on any atom is 0.417 e. The van der Waals surface area contributed by atoms with Crippen LogP contribution in [0.25, 0.3) is 5.65 Å². The summed E-state index contributed by atoms with van der Waals surface area (Å²) in [4.78, 5) is 0. The van der Waals surface area contributed by atoms with E-state index >= 15 is 0 Å². The van der Waals surface area contributed by atoms with Crippen molar-refractivity contribution in [3.8, 4) is 0 Å². The van der Waals surface area contributed by atoms with E-state index in [1.807, 2.05) is 0 Å². The number of fused-ring (bicyclic) bond motifs is 1. The van der Waals surface area contributed by atoms with Gasteiger partial charge in [-0.15, -0.1) is 10.2 Å². The number of nitrogens with zero attached hydrogens (tertiary/aromatic N) is 3. The van der Waals surface area contributed by atoms with E-state index in [0.29, 0.717) is 5.82 Å². The molecular weight excluding hydrogens is 305 g/mol. The Labute approximate surface area is 124 Å². The van der Waals surface area contributed by atoms with Crippen LogP contribution in [0.4, 0.5) is 13.2 Å². The van der Waals surface area contributed by atoms with Crippen molar-refractivity contribution in [1.29, 1.82) is 0 Å². The second kappa shape index (κ2) is 5.46. The van der Waals surface area contributed by atoms with E-state index in [-0.39, 0.29) is 16.7 Å². The molecule has 0 spiro atoms. The molecule has 2 aromatic heterocycles. The predicted molar refractivity (Wildman–Crippen MR) is 72.2 cm³/mol. The summed E-state index contributed by atoms with van der Waals surface area (Å²) in [6.45, 7) is 0.826.